The number of hydrogen-bond acceptors (Lipinski definition) is 4. The molecule has 1 aliphatic carbocycles. The lowest BCUT2D eigenvalue weighted by atomic mass is 9.93. The second kappa shape index (κ2) is 7.50. The number of carbonyl (C=O) groups excluding carboxylic acids is 1. The van der Waals surface area contributed by atoms with E-state index in [1.165, 1.54) is 0 Å². The van der Waals surface area contributed by atoms with Crippen molar-refractivity contribution < 1.29 is 13.6 Å². The minimum Gasteiger partial charge on any atom is -0.295 e. The van der Waals surface area contributed by atoms with E-state index in [1.807, 2.05) is 23.6 Å². The maximum absolute atomic E-state index is 13.3. The van der Waals surface area contributed by atoms with Crippen LogP contribution in [0.4, 0.5) is 14.7 Å². The largest absolute Gasteiger partial charge is 0.295 e. The van der Waals surface area contributed by atoms with E-state index in [-0.39, 0.29) is 45.8 Å². The van der Waals surface area contributed by atoms with Gasteiger partial charge in [-0.2, -0.15) is 0 Å². The van der Waals surface area contributed by atoms with Crippen LogP contribution in [0.15, 0.2) is 12.1 Å². The van der Waals surface area contributed by atoms with Gasteiger partial charge in [0.1, 0.15) is 5.52 Å². The van der Waals surface area contributed by atoms with Crippen molar-refractivity contribution in [2.24, 2.45) is 0 Å². The number of imidazole rings is 1. The van der Waals surface area contributed by atoms with Crippen LogP contribution in [0, 0.1) is 6.92 Å². The lowest BCUT2D eigenvalue weighted by Crippen LogP contribution is -2.43. The third-order valence-corrected chi connectivity index (χ3v) is 5.32. The van der Waals surface area contributed by atoms with Gasteiger partial charge in [-0.05, 0) is 38.3 Å². The fourth-order valence-corrected chi connectivity index (χ4v) is 3.55. The number of aromatic nitrogens is 3. The highest BCUT2D eigenvalue weighted by molar-refractivity contribution is 5.92. The van der Waals surface area contributed by atoms with Gasteiger partial charge in [-0.15, -0.1) is 0 Å². The Morgan fingerprint density at radius 1 is 1.26 bits per heavy atom. The monoisotopic (exact) mass is 379 g/mol. The summed E-state index contributed by atoms with van der Waals surface area (Å²) in [7, 11) is 0. The first-order chi connectivity index (χ1) is 12.4. The van der Waals surface area contributed by atoms with Crippen LogP contribution in [0.5, 0.6) is 0 Å². The SMILES string of the molecule is C.Cc1ccc2nc(NC(=O)CN3CCC(F)(F)CC3)n(C3CCC3)c2n1. The van der Waals surface area contributed by atoms with Gasteiger partial charge in [0, 0.05) is 37.7 Å². The van der Waals surface area contributed by atoms with Crippen LogP contribution in [-0.4, -0.2) is 50.9 Å². The maximum Gasteiger partial charge on any atom is 0.250 e. The molecule has 27 heavy (non-hydrogen) atoms. The number of aryl methyl sites for hydroxylation is 1. The standard InChI is InChI=1S/C18H23F2N5O.CH4/c1-12-5-6-14-16(21-12)25(13-3-2-4-13)17(22-14)23-15(26)11-24-9-7-18(19,20)8-10-24;/h5-6,13H,2-4,7-11H2,1H3,(H,22,23,26);1H4. The molecule has 1 N–H and O–H groups in total. The minimum atomic E-state index is -2.60. The molecule has 2 aromatic heterocycles. The summed E-state index contributed by atoms with van der Waals surface area (Å²) in [5.74, 6) is -2.31. The molecule has 0 bridgehead atoms. The molecule has 3 heterocycles. The average Bonchev–Trinajstić information content (AvgIpc) is 2.85. The summed E-state index contributed by atoms with van der Waals surface area (Å²) in [6.45, 7) is 2.51. The Kier molecular flexibility index (Phi) is 5.46. The normalized spacial score (nSPS) is 20.1. The van der Waals surface area contributed by atoms with Crippen molar-refractivity contribution in [3.8, 4) is 0 Å². The molecule has 0 spiro atoms. The molecule has 0 unspecified atom stereocenters. The first-order valence-electron chi connectivity index (χ1n) is 9.17. The van der Waals surface area contributed by atoms with E-state index in [0.717, 1.165) is 36.1 Å². The van der Waals surface area contributed by atoms with Crippen molar-refractivity contribution in [3.63, 3.8) is 0 Å². The van der Waals surface area contributed by atoms with E-state index < -0.39 is 5.92 Å². The number of rotatable bonds is 4. The Bertz CT molecular complexity index is 821. The van der Waals surface area contributed by atoms with Gasteiger partial charge in [-0.1, -0.05) is 7.43 Å². The predicted octanol–water partition coefficient (Wildman–Crippen LogP) is 3.77. The summed E-state index contributed by atoms with van der Waals surface area (Å²) >= 11 is 0. The first-order valence-corrected chi connectivity index (χ1v) is 9.17. The summed E-state index contributed by atoms with van der Waals surface area (Å²) in [6, 6.07) is 4.12. The number of fused-ring (bicyclic) bond motifs is 1. The van der Waals surface area contributed by atoms with Gasteiger partial charge in [0.2, 0.25) is 11.9 Å². The van der Waals surface area contributed by atoms with E-state index in [1.54, 1.807) is 4.90 Å². The Labute approximate surface area is 158 Å². The number of likely N-dealkylation sites (tertiary alicyclic amines) is 1. The van der Waals surface area contributed by atoms with Crippen molar-refractivity contribution in [2.75, 3.05) is 25.0 Å². The molecule has 1 amide bonds. The summed E-state index contributed by atoms with van der Waals surface area (Å²) in [5, 5.41) is 2.88. The molecule has 1 saturated carbocycles. The van der Waals surface area contributed by atoms with Crippen LogP contribution in [0.25, 0.3) is 11.2 Å². The smallest absolute Gasteiger partial charge is 0.250 e. The third-order valence-electron chi connectivity index (χ3n) is 5.32. The molecular formula is C19H27F2N5O. The molecule has 148 valence electrons. The average molecular weight is 379 g/mol. The molecule has 1 saturated heterocycles. The summed E-state index contributed by atoms with van der Waals surface area (Å²) in [4.78, 5) is 23.4. The molecule has 4 rings (SSSR count). The number of nitrogens with one attached hydrogen (secondary N) is 1. The number of halogens is 2. The molecule has 1 aliphatic heterocycles. The fourth-order valence-electron chi connectivity index (χ4n) is 3.55. The van der Waals surface area contributed by atoms with Crippen LogP contribution in [-0.2, 0) is 4.79 Å². The fraction of sp³-hybridized carbons (Fsp3) is 0.632. The molecular weight excluding hydrogens is 352 g/mol. The highest BCUT2D eigenvalue weighted by Crippen LogP contribution is 2.36. The van der Waals surface area contributed by atoms with Crippen LogP contribution < -0.4 is 5.32 Å². The van der Waals surface area contributed by atoms with Crippen molar-refractivity contribution >= 4 is 23.0 Å². The number of pyridine rings is 1. The van der Waals surface area contributed by atoms with E-state index in [9.17, 15) is 13.6 Å². The summed E-state index contributed by atoms with van der Waals surface area (Å²) < 4.78 is 28.5. The lowest BCUT2D eigenvalue weighted by molar-refractivity contribution is -0.119. The van der Waals surface area contributed by atoms with Gasteiger partial charge in [-0.3, -0.25) is 19.6 Å². The Morgan fingerprint density at radius 2 is 1.96 bits per heavy atom. The molecule has 6 nitrogen and oxygen atoms in total. The highest BCUT2D eigenvalue weighted by atomic mass is 19.3. The van der Waals surface area contributed by atoms with E-state index in [4.69, 9.17) is 0 Å². The minimum absolute atomic E-state index is 0. The van der Waals surface area contributed by atoms with Gasteiger partial charge in [0.15, 0.2) is 5.65 Å². The maximum atomic E-state index is 13.3. The molecule has 2 aliphatic rings. The predicted molar refractivity (Wildman–Crippen MR) is 101 cm³/mol. The van der Waals surface area contributed by atoms with Crippen molar-refractivity contribution in [2.45, 2.75) is 58.4 Å². The molecule has 0 aromatic carbocycles. The van der Waals surface area contributed by atoms with E-state index >= 15 is 0 Å². The Morgan fingerprint density at radius 3 is 2.59 bits per heavy atom. The lowest BCUT2D eigenvalue weighted by Gasteiger charge is -2.31. The molecule has 0 atom stereocenters. The summed E-state index contributed by atoms with van der Waals surface area (Å²) in [6.07, 6.45) is 2.87. The summed E-state index contributed by atoms with van der Waals surface area (Å²) in [5.41, 5.74) is 2.46. The number of nitrogens with zero attached hydrogens (tertiary/aromatic N) is 4. The van der Waals surface area contributed by atoms with Crippen LogP contribution >= 0.6 is 0 Å². The van der Waals surface area contributed by atoms with Gasteiger partial charge in [0.25, 0.3) is 5.92 Å². The van der Waals surface area contributed by atoms with Gasteiger partial charge in [0.05, 0.1) is 6.54 Å². The second-order valence-electron chi connectivity index (χ2n) is 7.37. The van der Waals surface area contributed by atoms with E-state index in [2.05, 4.69) is 15.3 Å². The number of carbonyl (C=O) groups is 1. The zero-order valence-electron chi connectivity index (χ0n) is 14.8. The molecule has 8 heteroatoms. The number of piperidine rings is 1. The number of anilines is 1. The zero-order chi connectivity index (χ0) is 18.3. The van der Waals surface area contributed by atoms with Crippen molar-refractivity contribution in [1.29, 1.82) is 0 Å². The highest BCUT2D eigenvalue weighted by Gasteiger charge is 2.34. The second-order valence-corrected chi connectivity index (χ2v) is 7.37. The van der Waals surface area contributed by atoms with Gasteiger partial charge in [-0.25, -0.2) is 18.7 Å². The van der Waals surface area contributed by atoms with Crippen molar-refractivity contribution in [3.05, 3.63) is 17.8 Å². The van der Waals surface area contributed by atoms with Crippen LogP contribution in [0.3, 0.4) is 0 Å². The third kappa shape index (κ3) is 4.10. The quantitative estimate of drug-likeness (QED) is 0.878. The topological polar surface area (TPSA) is 63.1 Å². The van der Waals surface area contributed by atoms with Gasteiger partial charge >= 0.3 is 0 Å². The van der Waals surface area contributed by atoms with Crippen molar-refractivity contribution in [1.82, 2.24) is 19.4 Å². The number of hydrogen-bond donors (Lipinski definition) is 1. The van der Waals surface area contributed by atoms with E-state index in [0.29, 0.717) is 12.0 Å². The Hall–Kier alpha value is -2.09. The molecule has 2 fully saturated rings. The zero-order valence-corrected chi connectivity index (χ0v) is 14.8. The Balaban J connectivity index is 0.00000210. The number of alkyl halides is 2. The molecule has 2 aromatic rings. The van der Waals surface area contributed by atoms with Crippen LogP contribution in [0.1, 0.15) is 51.3 Å². The first kappa shape index (κ1) is 19.7. The van der Waals surface area contributed by atoms with Gasteiger partial charge < -0.3 is 0 Å². The number of amides is 1. The molecule has 0 radical (unpaired) electrons. The van der Waals surface area contributed by atoms with Crippen LogP contribution in [0.2, 0.25) is 0 Å².